The van der Waals surface area contributed by atoms with Crippen molar-refractivity contribution in [2.75, 3.05) is 6.61 Å². The number of halogens is 2. The van der Waals surface area contributed by atoms with Crippen molar-refractivity contribution < 1.29 is 17.1 Å². The summed E-state index contributed by atoms with van der Waals surface area (Å²) in [6, 6.07) is 5.46. The van der Waals surface area contributed by atoms with Gasteiger partial charge in [0.05, 0.1) is 18.2 Å². The van der Waals surface area contributed by atoms with Crippen LogP contribution in [0.4, 0.5) is 0 Å². The van der Waals surface area contributed by atoms with E-state index in [0.29, 0.717) is 29.8 Å². The zero-order valence-electron chi connectivity index (χ0n) is 12.0. The van der Waals surface area contributed by atoms with E-state index in [1.165, 1.54) is 0 Å². The van der Waals surface area contributed by atoms with Crippen LogP contribution in [0.2, 0.25) is 5.02 Å². The molecule has 6 nitrogen and oxygen atoms in total. The summed E-state index contributed by atoms with van der Waals surface area (Å²) in [7, 11) is 0. The first-order chi connectivity index (χ1) is 9.38. The van der Waals surface area contributed by atoms with Crippen LogP contribution in [0, 0.1) is 5.92 Å². The van der Waals surface area contributed by atoms with Crippen LogP contribution in [0.3, 0.4) is 0 Å². The zero-order valence-corrected chi connectivity index (χ0v) is 13.5. The first kappa shape index (κ1) is 19.3. The van der Waals surface area contributed by atoms with Crippen LogP contribution in [0.1, 0.15) is 19.4 Å². The van der Waals surface area contributed by atoms with Gasteiger partial charge in [0, 0.05) is 0 Å². The fourth-order valence-electron chi connectivity index (χ4n) is 1.36. The molecule has 0 aliphatic carbocycles. The molecule has 0 spiro atoms. The van der Waals surface area contributed by atoms with Gasteiger partial charge in [0.1, 0.15) is 5.75 Å². The molecular weight excluding hydrogens is 313 g/mol. The lowest BCUT2D eigenvalue weighted by molar-refractivity contribution is -0.00000508. The van der Waals surface area contributed by atoms with Crippen LogP contribution in [-0.4, -0.2) is 18.5 Å². The van der Waals surface area contributed by atoms with Gasteiger partial charge < -0.3 is 34.3 Å². The number of nitrogens with two attached hydrogens (primary N) is 3. The van der Waals surface area contributed by atoms with E-state index < -0.39 is 0 Å². The first-order valence-corrected chi connectivity index (χ1v) is 6.57. The number of hydrogen-bond donors (Lipinski definition) is 3. The molecule has 1 rings (SSSR count). The van der Waals surface area contributed by atoms with Gasteiger partial charge in [-0.1, -0.05) is 31.5 Å². The molecule has 0 aromatic heterocycles. The molecule has 0 bridgehead atoms. The molecule has 1 aromatic carbocycles. The highest BCUT2D eigenvalue weighted by molar-refractivity contribution is 6.32. The number of ether oxygens (including phenoxy) is 1. The molecule has 0 fully saturated rings. The van der Waals surface area contributed by atoms with Crippen molar-refractivity contribution in [1.29, 1.82) is 0 Å². The second-order valence-corrected chi connectivity index (χ2v) is 5.09. The molecule has 0 aliphatic rings. The predicted molar refractivity (Wildman–Crippen MR) is 82.9 cm³/mol. The van der Waals surface area contributed by atoms with Crippen molar-refractivity contribution in [3.8, 4) is 5.75 Å². The smallest absolute Gasteiger partial charge is 0.218 e. The number of aliphatic imine (C=N–C) groups is 2. The van der Waals surface area contributed by atoms with Gasteiger partial charge in [0.2, 0.25) is 5.96 Å². The summed E-state index contributed by atoms with van der Waals surface area (Å²) in [5, 5.41) is 0.541. The van der Waals surface area contributed by atoms with Gasteiger partial charge in [0.25, 0.3) is 0 Å². The van der Waals surface area contributed by atoms with E-state index >= 15 is 0 Å². The van der Waals surface area contributed by atoms with E-state index in [1.54, 1.807) is 6.07 Å². The maximum Gasteiger partial charge on any atom is 0.218 e. The van der Waals surface area contributed by atoms with Crippen LogP contribution >= 0.6 is 11.6 Å². The predicted octanol–water partition coefficient (Wildman–Crippen LogP) is -1.53. The van der Waals surface area contributed by atoms with Crippen LogP contribution in [-0.2, 0) is 6.54 Å². The molecule has 0 aliphatic heterocycles. The highest BCUT2D eigenvalue weighted by atomic mass is 35.5. The van der Waals surface area contributed by atoms with Gasteiger partial charge >= 0.3 is 0 Å². The fourth-order valence-corrected chi connectivity index (χ4v) is 1.61. The van der Waals surface area contributed by atoms with Crippen molar-refractivity contribution >= 4 is 23.5 Å². The van der Waals surface area contributed by atoms with E-state index in [0.717, 1.165) is 5.56 Å². The molecule has 118 valence electrons. The molecular formula is C13H20Cl2N5O-. The third-order valence-electron chi connectivity index (χ3n) is 2.24. The Kier molecular flexibility index (Phi) is 8.57. The maximum atomic E-state index is 6.14. The molecule has 0 heterocycles. The Morgan fingerprint density at radius 2 is 1.95 bits per heavy atom. The average molecular weight is 333 g/mol. The minimum Gasteiger partial charge on any atom is -1.00 e. The maximum absolute atomic E-state index is 6.14. The van der Waals surface area contributed by atoms with E-state index in [4.69, 9.17) is 33.5 Å². The summed E-state index contributed by atoms with van der Waals surface area (Å²) < 4.78 is 5.58. The number of benzene rings is 1. The van der Waals surface area contributed by atoms with Gasteiger partial charge in [0.15, 0.2) is 5.96 Å². The SMILES string of the molecule is CC(C)COc1ccc(CN=C(N)N=C(N)N)cc1Cl.[Cl-]. The van der Waals surface area contributed by atoms with Crippen molar-refractivity contribution in [1.82, 2.24) is 0 Å². The van der Waals surface area contributed by atoms with Crippen molar-refractivity contribution in [2.45, 2.75) is 20.4 Å². The summed E-state index contributed by atoms with van der Waals surface area (Å²) in [4.78, 5) is 7.65. The second kappa shape index (κ2) is 9.31. The first-order valence-electron chi connectivity index (χ1n) is 6.19. The number of hydrogen-bond acceptors (Lipinski definition) is 2. The fraction of sp³-hybridized carbons (Fsp3) is 0.385. The van der Waals surface area contributed by atoms with Gasteiger partial charge in [-0.15, -0.1) is 0 Å². The highest BCUT2D eigenvalue weighted by Crippen LogP contribution is 2.26. The Morgan fingerprint density at radius 1 is 1.29 bits per heavy atom. The lowest BCUT2D eigenvalue weighted by Crippen LogP contribution is -3.00. The summed E-state index contributed by atoms with van der Waals surface area (Å²) >= 11 is 6.14. The van der Waals surface area contributed by atoms with Gasteiger partial charge in [-0.05, 0) is 23.6 Å². The summed E-state index contributed by atoms with van der Waals surface area (Å²) in [5.74, 6) is 1.00. The standard InChI is InChI=1S/C13H20ClN5O.ClH/c1-8(2)7-20-11-4-3-9(5-10(11)14)6-18-13(17)19-12(15)16;/h3-5,8H,6-7H2,1-2H3,(H6,15,16,17,18,19);1H/p-1. The second-order valence-electron chi connectivity index (χ2n) is 4.68. The number of nitrogens with zero attached hydrogens (tertiary/aromatic N) is 2. The van der Waals surface area contributed by atoms with E-state index in [-0.39, 0.29) is 24.3 Å². The Bertz CT molecular complexity index is 513. The number of rotatable bonds is 5. The lowest BCUT2D eigenvalue weighted by atomic mass is 10.2. The summed E-state index contributed by atoms with van der Waals surface area (Å²) in [5.41, 5.74) is 16.8. The Labute approximate surface area is 135 Å². The van der Waals surface area contributed by atoms with Crippen LogP contribution < -0.4 is 34.3 Å². The molecule has 6 N–H and O–H groups in total. The zero-order chi connectivity index (χ0) is 15.1. The molecule has 0 saturated carbocycles. The Morgan fingerprint density at radius 3 is 2.48 bits per heavy atom. The summed E-state index contributed by atoms with van der Waals surface area (Å²) in [6.45, 7) is 5.11. The molecule has 0 radical (unpaired) electrons. The van der Waals surface area contributed by atoms with Gasteiger partial charge in [-0.3, -0.25) is 0 Å². The third-order valence-corrected chi connectivity index (χ3v) is 2.53. The number of guanidine groups is 2. The molecule has 0 saturated heterocycles. The normalized spacial score (nSPS) is 11.0. The van der Waals surface area contributed by atoms with E-state index in [1.807, 2.05) is 12.1 Å². The van der Waals surface area contributed by atoms with Crippen LogP contribution in [0.5, 0.6) is 5.75 Å². The third kappa shape index (κ3) is 7.63. The largest absolute Gasteiger partial charge is 1.00 e. The molecule has 0 amide bonds. The van der Waals surface area contributed by atoms with Crippen molar-refractivity contribution in [3.63, 3.8) is 0 Å². The molecule has 21 heavy (non-hydrogen) atoms. The van der Waals surface area contributed by atoms with Crippen molar-refractivity contribution in [3.05, 3.63) is 28.8 Å². The minimum absolute atomic E-state index is 0. The molecule has 0 unspecified atom stereocenters. The van der Waals surface area contributed by atoms with E-state index in [9.17, 15) is 0 Å². The van der Waals surface area contributed by atoms with Crippen LogP contribution in [0.15, 0.2) is 28.2 Å². The molecule has 8 heteroatoms. The van der Waals surface area contributed by atoms with Crippen LogP contribution in [0.25, 0.3) is 0 Å². The summed E-state index contributed by atoms with van der Waals surface area (Å²) in [6.07, 6.45) is 0. The van der Waals surface area contributed by atoms with Crippen molar-refractivity contribution in [2.24, 2.45) is 33.1 Å². The van der Waals surface area contributed by atoms with E-state index in [2.05, 4.69) is 23.8 Å². The molecule has 0 atom stereocenters. The minimum atomic E-state index is -0.123. The topological polar surface area (TPSA) is 112 Å². The average Bonchev–Trinajstić information content (AvgIpc) is 2.34. The monoisotopic (exact) mass is 332 g/mol. The molecule has 1 aromatic rings. The Hall–Kier alpha value is -1.66. The Balaban J connectivity index is 0.00000400. The lowest BCUT2D eigenvalue weighted by Gasteiger charge is -2.10. The van der Waals surface area contributed by atoms with Gasteiger partial charge in [-0.2, -0.15) is 4.99 Å². The quantitative estimate of drug-likeness (QED) is 0.448. The highest BCUT2D eigenvalue weighted by Gasteiger charge is 2.04. The van der Waals surface area contributed by atoms with Gasteiger partial charge in [-0.25, -0.2) is 4.99 Å².